The Morgan fingerprint density at radius 2 is 1.63 bits per heavy atom. The van der Waals surface area contributed by atoms with Crippen molar-refractivity contribution in [3.05, 3.63) is 78.8 Å². The van der Waals surface area contributed by atoms with Gasteiger partial charge in [0.05, 0.1) is 5.41 Å². The molecule has 1 N–H and O–H groups in total. The molecule has 2 aliphatic rings. The number of rotatable bonds is 7. The van der Waals surface area contributed by atoms with Crippen LogP contribution in [-0.2, 0) is 9.59 Å². The van der Waals surface area contributed by atoms with Gasteiger partial charge in [0.2, 0.25) is 6.41 Å². The van der Waals surface area contributed by atoms with Gasteiger partial charge in [-0.25, -0.2) is 9.97 Å². The van der Waals surface area contributed by atoms with Gasteiger partial charge in [-0.15, -0.1) is 0 Å². The van der Waals surface area contributed by atoms with E-state index in [9.17, 15) is 14.7 Å². The number of nitrogens with zero attached hydrogens (tertiary/aromatic N) is 4. The number of carboxylic acid groups (broad SMARTS) is 1. The summed E-state index contributed by atoms with van der Waals surface area (Å²) in [5, 5.41) is 9.45. The van der Waals surface area contributed by atoms with Crippen LogP contribution in [0.2, 0.25) is 0 Å². The van der Waals surface area contributed by atoms with E-state index in [1.54, 1.807) is 11.2 Å². The Labute approximate surface area is 206 Å². The third kappa shape index (κ3) is 5.67. The average Bonchev–Trinajstić information content (AvgIpc) is 3.76. The standard InChI is InChI=1S/C15H21N3O2.C13H11NO/c1-2-15(14(19)20)5-7-18(8-6-15)13-12(11-3-4-11)9-16-10-17-13;15-11-14(12-7-3-1-4-8-12)13-9-5-2-6-10-13/h9-11H,2-8H2,1H3,(H,19,20);1-11H. The Morgan fingerprint density at radius 1 is 1.06 bits per heavy atom. The number of anilines is 3. The molecule has 1 aromatic heterocycles. The van der Waals surface area contributed by atoms with Gasteiger partial charge in [0.1, 0.15) is 12.1 Å². The van der Waals surface area contributed by atoms with Crippen LogP contribution in [0.3, 0.4) is 0 Å². The second kappa shape index (κ2) is 11.1. The number of aliphatic carboxylic acids is 1. The fourth-order valence-electron chi connectivity index (χ4n) is 4.59. The van der Waals surface area contributed by atoms with Gasteiger partial charge in [-0.3, -0.25) is 14.5 Å². The first-order valence-electron chi connectivity index (χ1n) is 12.2. The molecular weight excluding hydrogens is 440 g/mol. The molecule has 0 radical (unpaired) electrons. The average molecular weight is 473 g/mol. The number of piperidine rings is 1. The molecule has 1 saturated carbocycles. The van der Waals surface area contributed by atoms with Crippen molar-refractivity contribution in [1.82, 2.24) is 9.97 Å². The van der Waals surface area contributed by atoms with Gasteiger partial charge >= 0.3 is 5.97 Å². The Morgan fingerprint density at radius 3 is 2.09 bits per heavy atom. The molecular formula is C28H32N4O3. The van der Waals surface area contributed by atoms with Crippen LogP contribution in [0.1, 0.15) is 50.5 Å². The predicted octanol–water partition coefficient (Wildman–Crippen LogP) is 5.42. The van der Waals surface area contributed by atoms with Crippen LogP contribution in [0, 0.1) is 5.41 Å². The lowest BCUT2D eigenvalue weighted by Crippen LogP contribution is -2.44. The zero-order valence-corrected chi connectivity index (χ0v) is 20.1. The van der Waals surface area contributed by atoms with Gasteiger partial charge < -0.3 is 10.0 Å². The molecule has 0 atom stereocenters. The summed E-state index contributed by atoms with van der Waals surface area (Å²) in [5.74, 6) is 0.992. The summed E-state index contributed by atoms with van der Waals surface area (Å²) in [5.41, 5.74) is 2.45. The number of carbonyl (C=O) groups is 2. The molecule has 0 bridgehead atoms. The molecule has 1 amide bonds. The lowest BCUT2D eigenvalue weighted by molar-refractivity contribution is -0.150. The number of hydrogen-bond donors (Lipinski definition) is 1. The van der Waals surface area contributed by atoms with E-state index in [2.05, 4.69) is 14.9 Å². The number of para-hydroxylation sites is 2. The monoisotopic (exact) mass is 472 g/mol. The van der Waals surface area contributed by atoms with Crippen molar-refractivity contribution < 1.29 is 14.7 Å². The number of hydrogen-bond acceptors (Lipinski definition) is 5. The SMILES string of the molecule is CCC1(C(=O)O)CCN(c2ncncc2C2CC2)CC1.O=CN(c1ccccc1)c1ccccc1. The molecule has 2 aromatic carbocycles. The molecule has 2 heterocycles. The van der Waals surface area contributed by atoms with Crippen LogP contribution in [0.15, 0.2) is 73.2 Å². The maximum atomic E-state index is 11.5. The zero-order chi connectivity index (χ0) is 24.7. The van der Waals surface area contributed by atoms with E-state index in [4.69, 9.17) is 0 Å². The number of carbonyl (C=O) groups excluding carboxylic acids is 1. The first-order chi connectivity index (χ1) is 17.1. The highest BCUT2D eigenvalue weighted by atomic mass is 16.4. The van der Waals surface area contributed by atoms with E-state index in [0.29, 0.717) is 25.2 Å². The van der Waals surface area contributed by atoms with Crippen molar-refractivity contribution in [3.63, 3.8) is 0 Å². The summed E-state index contributed by atoms with van der Waals surface area (Å²) in [6.07, 6.45) is 8.91. The van der Waals surface area contributed by atoms with Crippen molar-refractivity contribution in [1.29, 1.82) is 0 Å². The van der Waals surface area contributed by atoms with Gasteiger partial charge in [0.15, 0.2) is 0 Å². The van der Waals surface area contributed by atoms with E-state index in [-0.39, 0.29) is 0 Å². The summed E-state index contributed by atoms with van der Waals surface area (Å²) in [7, 11) is 0. The first-order valence-corrected chi connectivity index (χ1v) is 12.2. The summed E-state index contributed by atoms with van der Waals surface area (Å²) in [6, 6.07) is 19.1. The van der Waals surface area contributed by atoms with E-state index in [0.717, 1.165) is 36.7 Å². The summed E-state index contributed by atoms with van der Waals surface area (Å²) in [6.45, 7) is 3.53. The minimum Gasteiger partial charge on any atom is -0.481 e. The maximum Gasteiger partial charge on any atom is 0.309 e. The minimum absolute atomic E-state index is 0.538. The fourth-order valence-corrected chi connectivity index (χ4v) is 4.59. The van der Waals surface area contributed by atoms with E-state index in [1.165, 1.54) is 18.4 Å². The zero-order valence-electron chi connectivity index (χ0n) is 20.1. The van der Waals surface area contributed by atoms with Crippen molar-refractivity contribution in [2.45, 2.75) is 44.9 Å². The number of aromatic nitrogens is 2. The van der Waals surface area contributed by atoms with Crippen LogP contribution in [-0.4, -0.2) is 40.5 Å². The number of amides is 1. The van der Waals surface area contributed by atoms with Crippen LogP contribution in [0.25, 0.3) is 0 Å². The van der Waals surface area contributed by atoms with E-state index in [1.807, 2.05) is 73.8 Å². The molecule has 2 fully saturated rings. The van der Waals surface area contributed by atoms with Crippen LogP contribution in [0.5, 0.6) is 0 Å². The predicted molar refractivity (Wildman–Crippen MR) is 137 cm³/mol. The summed E-state index contributed by atoms with van der Waals surface area (Å²) < 4.78 is 0. The molecule has 1 saturated heterocycles. The Kier molecular flexibility index (Phi) is 7.75. The molecule has 7 heteroatoms. The highest BCUT2D eigenvalue weighted by molar-refractivity contribution is 5.86. The molecule has 3 aromatic rings. The van der Waals surface area contributed by atoms with Gasteiger partial charge in [-0.1, -0.05) is 43.3 Å². The molecule has 1 aliphatic heterocycles. The molecule has 0 spiro atoms. The van der Waals surface area contributed by atoms with Gasteiger partial charge in [0.25, 0.3) is 0 Å². The summed E-state index contributed by atoms with van der Waals surface area (Å²) >= 11 is 0. The van der Waals surface area contributed by atoms with Crippen molar-refractivity contribution in [2.24, 2.45) is 5.41 Å². The Hall–Kier alpha value is -3.74. The molecule has 5 rings (SSSR count). The molecule has 7 nitrogen and oxygen atoms in total. The quantitative estimate of drug-likeness (QED) is 0.462. The largest absolute Gasteiger partial charge is 0.481 e. The molecule has 35 heavy (non-hydrogen) atoms. The van der Waals surface area contributed by atoms with Gasteiger partial charge in [0, 0.05) is 36.2 Å². The first kappa shape index (κ1) is 24.4. The minimum atomic E-state index is -0.648. The Bertz CT molecular complexity index is 1070. The van der Waals surface area contributed by atoms with Gasteiger partial charge in [-0.2, -0.15) is 0 Å². The van der Waals surface area contributed by atoms with Gasteiger partial charge in [-0.05, 0) is 62.3 Å². The van der Waals surface area contributed by atoms with Crippen LogP contribution in [0.4, 0.5) is 17.2 Å². The lowest BCUT2D eigenvalue weighted by Gasteiger charge is -2.39. The summed E-state index contributed by atoms with van der Waals surface area (Å²) in [4.78, 5) is 35.0. The second-order valence-electron chi connectivity index (χ2n) is 9.15. The highest BCUT2D eigenvalue weighted by Gasteiger charge is 2.41. The van der Waals surface area contributed by atoms with Crippen LogP contribution >= 0.6 is 0 Å². The molecule has 0 unspecified atom stereocenters. The molecule has 182 valence electrons. The topological polar surface area (TPSA) is 86.6 Å². The number of benzene rings is 2. The maximum absolute atomic E-state index is 11.5. The lowest BCUT2D eigenvalue weighted by atomic mass is 9.76. The van der Waals surface area contributed by atoms with E-state index < -0.39 is 11.4 Å². The third-order valence-electron chi connectivity index (χ3n) is 7.06. The highest BCUT2D eigenvalue weighted by Crippen LogP contribution is 2.44. The smallest absolute Gasteiger partial charge is 0.309 e. The third-order valence-corrected chi connectivity index (χ3v) is 7.06. The van der Waals surface area contributed by atoms with Crippen LogP contribution < -0.4 is 9.80 Å². The fraction of sp³-hybridized carbons (Fsp3) is 0.357. The van der Waals surface area contributed by atoms with Crippen molar-refractivity contribution in [3.8, 4) is 0 Å². The normalized spacial score (nSPS) is 16.5. The second-order valence-corrected chi connectivity index (χ2v) is 9.15. The van der Waals surface area contributed by atoms with Crippen molar-refractivity contribution in [2.75, 3.05) is 22.9 Å². The number of carboxylic acids is 1. The van der Waals surface area contributed by atoms with Crippen molar-refractivity contribution >= 4 is 29.6 Å². The molecule has 1 aliphatic carbocycles. The Balaban J connectivity index is 0.000000172. The van der Waals surface area contributed by atoms with E-state index >= 15 is 0 Å².